The Morgan fingerprint density at radius 1 is 0.328 bits per heavy atom. The molecule has 0 aliphatic rings. The summed E-state index contributed by atoms with van der Waals surface area (Å²) in [5, 5.41) is 0. The maximum Gasteiger partial charge on any atom is 0.306 e. The van der Waals surface area contributed by atoms with E-state index in [1.807, 2.05) is 0 Å². The van der Waals surface area contributed by atoms with E-state index in [2.05, 4.69) is 45.1 Å². The molecule has 0 amide bonds. The molecule has 1 unspecified atom stereocenters. The Balaban J connectivity index is 4.32. The summed E-state index contributed by atoms with van der Waals surface area (Å²) in [6.07, 6.45) is 57.3. The van der Waals surface area contributed by atoms with E-state index in [4.69, 9.17) is 14.2 Å². The molecule has 0 saturated heterocycles. The number of ether oxygens (including phenoxy) is 3. The van der Waals surface area contributed by atoms with Gasteiger partial charge in [-0.2, -0.15) is 0 Å². The van der Waals surface area contributed by atoms with Crippen LogP contribution in [0.1, 0.15) is 290 Å². The van der Waals surface area contributed by atoms with Crippen LogP contribution in [0.5, 0.6) is 0 Å². The fourth-order valence-corrected chi connectivity index (χ4v) is 7.89. The second kappa shape index (κ2) is 50.5. The zero-order chi connectivity index (χ0) is 44.4. The Bertz CT molecular complexity index is 989. The molecule has 358 valence electrons. The molecule has 0 aliphatic heterocycles. The summed E-state index contributed by atoms with van der Waals surface area (Å²) < 4.78 is 16.8. The Morgan fingerprint density at radius 3 is 0.967 bits per heavy atom. The lowest BCUT2D eigenvalue weighted by Gasteiger charge is -2.18. The minimum Gasteiger partial charge on any atom is -0.462 e. The van der Waals surface area contributed by atoms with E-state index >= 15 is 0 Å². The third-order valence-electron chi connectivity index (χ3n) is 11.9. The molecule has 0 fully saturated rings. The minimum absolute atomic E-state index is 0.0720. The topological polar surface area (TPSA) is 78.9 Å². The quantitative estimate of drug-likeness (QED) is 0.0262. The van der Waals surface area contributed by atoms with Crippen molar-refractivity contribution in [3.8, 4) is 0 Å². The summed E-state index contributed by atoms with van der Waals surface area (Å²) in [7, 11) is 0. The molecule has 0 aromatic carbocycles. The van der Waals surface area contributed by atoms with Gasteiger partial charge in [0, 0.05) is 19.3 Å². The van der Waals surface area contributed by atoms with Crippen molar-refractivity contribution < 1.29 is 28.6 Å². The number of carbonyl (C=O) groups excluding carboxylic acids is 3. The molecule has 0 aliphatic carbocycles. The van der Waals surface area contributed by atoms with Gasteiger partial charge in [-0.3, -0.25) is 14.4 Å². The molecule has 0 rings (SSSR count). The van der Waals surface area contributed by atoms with Gasteiger partial charge in [-0.25, -0.2) is 0 Å². The van der Waals surface area contributed by atoms with Gasteiger partial charge >= 0.3 is 17.9 Å². The van der Waals surface area contributed by atoms with E-state index in [0.717, 1.165) is 89.9 Å². The van der Waals surface area contributed by atoms with Crippen molar-refractivity contribution in [2.45, 2.75) is 297 Å². The number of hydrogen-bond donors (Lipinski definition) is 0. The number of carbonyl (C=O) groups is 3. The Labute approximate surface area is 379 Å². The highest BCUT2D eigenvalue weighted by Gasteiger charge is 2.19. The molecular formula is C55H102O6. The summed E-state index contributed by atoms with van der Waals surface area (Å²) in [6, 6.07) is 0. The second-order valence-electron chi connectivity index (χ2n) is 18.2. The van der Waals surface area contributed by atoms with E-state index in [1.165, 1.54) is 161 Å². The van der Waals surface area contributed by atoms with Crippen molar-refractivity contribution in [2.75, 3.05) is 13.2 Å². The van der Waals surface area contributed by atoms with Crippen molar-refractivity contribution >= 4 is 17.9 Å². The van der Waals surface area contributed by atoms with Crippen LogP contribution in [0.2, 0.25) is 0 Å². The fraction of sp³-hybridized carbons (Fsp3) is 0.873. The SMILES string of the molecule is CCC/C=C\C/C=C\CCCCCCCC(=O)OC(COC(=O)CCCCCCCCCCCCCCC)COC(=O)CCCCCCCCCCCCCCCCCCC. The van der Waals surface area contributed by atoms with Crippen LogP contribution in [0.3, 0.4) is 0 Å². The van der Waals surface area contributed by atoms with Crippen LogP contribution >= 0.6 is 0 Å². The van der Waals surface area contributed by atoms with E-state index in [-0.39, 0.29) is 31.1 Å². The van der Waals surface area contributed by atoms with Gasteiger partial charge in [0.1, 0.15) is 13.2 Å². The number of allylic oxidation sites excluding steroid dienone is 4. The maximum absolute atomic E-state index is 12.8. The first-order valence-electron chi connectivity index (χ1n) is 26.8. The zero-order valence-electron chi connectivity index (χ0n) is 40.9. The smallest absolute Gasteiger partial charge is 0.306 e. The first-order chi connectivity index (χ1) is 30.0. The van der Waals surface area contributed by atoms with Crippen molar-refractivity contribution in [1.82, 2.24) is 0 Å². The Hall–Kier alpha value is -2.11. The predicted molar refractivity (Wildman–Crippen MR) is 261 cm³/mol. The van der Waals surface area contributed by atoms with Gasteiger partial charge in [0.15, 0.2) is 6.10 Å². The molecule has 6 heteroatoms. The monoisotopic (exact) mass is 859 g/mol. The summed E-state index contributed by atoms with van der Waals surface area (Å²) in [4.78, 5) is 38.0. The largest absolute Gasteiger partial charge is 0.462 e. The number of unbranched alkanes of at least 4 members (excludes halogenated alkanes) is 34. The van der Waals surface area contributed by atoms with Crippen LogP contribution in [-0.4, -0.2) is 37.2 Å². The first-order valence-corrected chi connectivity index (χ1v) is 26.8. The van der Waals surface area contributed by atoms with Crippen molar-refractivity contribution in [1.29, 1.82) is 0 Å². The van der Waals surface area contributed by atoms with Crippen molar-refractivity contribution in [2.24, 2.45) is 0 Å². The van der Waals surface area contributed by atoms with Gasteiger partial charge in [0.05, 0.1) is 0 Å². The molecule has 0 saturated carbocycles. The molecule has 0 spiro atoms. The zero-order valence-corrected chi connectivity index (χ0v) is 40.9. The highest BCUT2D eigenvalue weighted by Crippen LogP contribution is 2.16. The summed E-state index contributed by atoms with van der Waals surface area (Å²) in [5.41, 5.74) is 0. The molecule has 1 atom stereocenters. The van der Waals surface area contributed by atoms with Gasteiger partial charge in [-0.05, 0) is 44.9 Å². The van der Waals surface area contributed by atoms with Crippen molar-refractivity contribution in [3.05, 3.63) is 24.3 Å². The number of rotatable bonds is 49. The van der Waals surface area contributed by atoms with E-state index < -0.39 is 6.10 Å². The second-order valence-corrected chi connectivity index (χ2v) is 18.2. The van der Waals surface area contributed by atoms with Crippen LogP contribution in [0.15, 0.2) is 24.3 Å². The molecule has 0 radical (unpaired) electrons. The third-order valence-corrected chi connectivity index (χ3v) is 11.9. The lowest BCUT2D eigenvalue weighted by atomic mass is 10.0. The van der Waals surface area contributed by atoms with Crippen LogP contribution < -0.4 is 0 Å². The van der Waals surface area contributed by atoms with Crippen LogP contribution in [0.25, 0.3) is 0 Å². The molecule has 0 heterocycles. The lowest BCUT2D eigenvalue weighted by Crippen LogP contribution is -2.30. The summed E-state index contributed by atoms with van der Waals surface area (Å²) >= 11 is 0. The number of esters is 3. The van der Waals surface area contributed by atoms with Crippen LogP contribution in [0.4, 0.5) is 0 Å². The van der Waals surface area contributed by atoms with Crippen LogP contribution in [-0.2, 0) is 28.6 Å². The average molecular weight is 859 g/mol. The van der Waals surface area contributed by atoms with Gasteiger partial charge in [-0.1, -0.05) is 251 Å². The highest BCUT2D eigenvalue weighted by atomic mass is 16.6. The fourth-order valence-electron chi connectivity index (χ4n) is 7.89. The van der Waals surface area contributed by atoms with Gasteiger partial charge in [-0.15, -0.1) is 0 Å². The van der Waals surface area contributed by atoms with Gasteiger partial charge in [0.2, 0.25) is 0 Å². The number of hydrogen-bond acceptors (Lipinski definition) is 6. The summed E-state index contributed by atoms with van der Waals surface area (Å²) in [5.74, 6) is -0.870. The average Bonchev–Trinajstić information content (AvgIpc) is 3.26. The maximum atomic E-state index is 12.8. The standard InChI is InChI=1S/C55H102O6/c1-4-7-10-13-16-19-22-25-26-27-28-31-33-36-39-42-45-48-54(57)60-51-52(61-55(58)49-46-43-40-37-34-30-24-21-18-15-12-9-6-3)50-59-53(56)47-44-41-38-35-32-29-23-20-17-14-11-8-5-2/h12,15,21,24,52H,4-11,13-14,16-20,22-23,25-51H2,1-3H3/b15-12-,24-21-. The van der Waals surface area contributed by atoms with Crippen LogP contribution in [0, 0.1) is 0 Å². The molecule has 0 bridgehead atoms. The molecule has 6 nitrogen and oxygen atoms in total. The van der Waals surface area contributed by atoms with Gasteiger partial charge < -0.3 is 14.2 Å². The molecule has 0 aromatic rings. The molecular weight excluding hydrogens is 757 g/mol. The molecule has 0 aromatic heterocycles. The Morgan fingerprint density at radius 2 is 0.623 bits per heavy atom. The normalized spacial score (nSPS) is 12.1. The van der Waals surface area contributed by atoms with E-state index in [9.17, 15) is 14.4 Å². The first kappa shape index (κ1) is 58.9. The highest BCUT2D eigenvalue weighted by molar-refractivity contribution is 5.71. The van der Waals surface area contributed by atoms with Gasteiger partial charge in [0.25, 0.3) is 0 Å². The third kappa shape index (κ3) is 48.8. The van der Waals surface area contributed by atoms with E-state index in [1.54, 1.807) is 0 Å². The lowest BCUT2D eigenvalue weighted by molar-refractivity contribution is -0.167. The Kier molecular flexibility index (Phi) is 48.8. The molecule has 61 heavy (non-hydrogen) atoms. The van der Waals surface area contributed by atoms with Crippen molar-refractivity contribution in [3.63, 3.8) is 0 Å². The van der Waals surface area contributed by atoms with E-state index in [0.29, 0.717) is 19.3 Å². The minimum atomic E-state index is -0.772. The predicted octanol–water partition coefficient (Wildman–Crippen LogP) is 17.5. The molecule has 0 N–H and O–H groups in total. The summed E-state index contributed by atoms with van der Waals surface area (Å²) in [6.45, 7) is 6.60.